The highest BCUT2D eigenvalue weighted by Gasteiger charge is 2.29. The predicted molar refractivity (Wildman–Crippen MR) is 109 cm³/mol. The van der Waals surface area contributed by atoms with Crippen LogP contribution in [0.15, 0.2) is 48.5 Å². The molecule has 1 heterocycles. The number of piperidine rings is 1. The molecule has 1 saturated heterocycles. The number of carbonyl (C=O) groups excluding carboxylic acids is 1. The van der Waals surface area contributed by atoms with Crippen LogP contribution in [0, 0.1) is 0 Å². The number of ether oxygens (including phenoxy) is 1. The van der Waals surface area contributed by atoms with Gasteiger partial charge in [0.25, 0.3) is 0 Å². The molecule has 28 heavy (non-hydrogen) atoms. The number of amides is 1. The molecule has 1 atom stereocenters. The molecule has 2 aliphatic rings. The van der Waals surface area contributed by atoms with Crippen LogP contribution in [-0.4, -0.2) is 55.0 Å². The summed E-state index contributed by atoms with van der Waals surface area (Å²) in [4.78, 5) is 14.7. The summed E-state index contributed by atoms with van der Waals surface area (Å²) in [5.41, 5.74) is 4.92. The third kappa shape index (κ3) is 4.05. The highest BCUT2D eigenvalue weighted by molar-refractivity contribution is 5.79. The van der Waals surface area contributed by atoms with Gasteiger partial charge in [-0.05, 0) is 48.1 Å². The minimum absolute atomic E-state index is 0.0885. The first-order chi connectivity index (χ1) is 13.8. The number of nitrogens with zero attached hydrogens (tertiary/aromatic N) is 1. The Morgan fingerprint density at radius 3 is 2.46 bits per heavy atom. The van der Waals surface area contributed by atoms with E-state index in [1.165, 1.54) is 22.3 Å². The van der Waals surface area contributed by atoms with E-state index >= 15 is 0 Å². The summed E-state index contributed by atoms with van der Waals surface area (Å²) < 4.78 is 5.65. The van der Waals surface area contributed by atoms with Crippen molar-refractivity contribution in [3.8, 4) is 11.1 Å². The second-order valence-electron chi connectivity index (χ2n) is 7.69. The minimum Gasteiger partial charge on any atom is -0.449 e. The Bertz CT molecular complexity index is 777. The molecular weight excluding hydrogens is 352 g/mol. The Morgan fingerprint density at radius 2 is 1.79 bits per heavy atom. The van der Waals surface area contributed by atoms with Gasteiger partial charge in [0.1, 0.15) is 6.61 Å². The molecule has 1 fully saturated rings. The number of rotatable bonds is 6. The van der Waals surface area contributed by atoms with Crippen LogP contribution < -0.4 is 5.32 Å². The maximum absolute atomic E-state index is 12.4. The zero-order chi connectivity index (χ0) is 19.3. The van der Waals surface area contributed by atoms with Gasteiger partial charge in [0.15, 0.2) is 0 Å². The Hall–Kier alpha value is -2.37. The largest absolute Gasteiger partial charge is 0.449 e. The topological polar surface area (TPSA) is 61.8 Å². The minimum atomic E-state index is -0.337. The van der Waals surface area contributed by atoms with Gasteiger partial charge in [0.05, 0.1) is 0 Å². The lowest BCUT2D eigenvalue weighted by atomic mass is 9.98. The summed E-state index contributed by atoms with van der Waals surface area (Å²) in [5.74, 6) is 0.0885. The van der Waals surface area contributed by atoms with Crippen molar-refractivity contribution >= 4 is 6.09 Å². The lowest BCUT2D eigenvalue weighted by Gasteiger charge is -2.32. The van der Waals surface area contributed by atoms with Gasteiger partial charge in [-0.3, -0.25) is 0 Å². The Morgan fingerprint density at radius 1 is 1.11 bits per heavy atom. The molecule has 4 rings (SSSR count). The molecule has 2 aromatic carbocycles. The SMILES string of the molecule is O=C(NC1CCCN(CCCO)C1)OCC1c2ccccc2-c2ccccc21. The van der Waals surface area contributed by atoms with Gasteiger partial charge in [0, 0.05) is 31.7 Å². The summed E-state index contributed by atoms with van der Waals surface area (Å²) in [5, 5.41) is 12.0. The number of hydrogen-bond acceptors (Lipinski definition) is 4. The number of fused-ring (bicyclic) bond motifs is 3. The van der Waals surface area contributed by atoms with Crippen LogP contribution in [0.3, 0.4) is 0 Å². The monoisotopic (exact) mass is 380 g/mol. The average molecular weight is 380 g/mol. The number of alkyl carbamates (subject to hydrolysis) is 1. The van der Waals surface area contributed by atoms with Gasteiger partial charge in [-0.2, -0.15) is 0 Å². The number of likely N-dealkylation sites (tertiary alicyclic amines) is 1. The second kappa shape index (κ2) is 8.76. The number of hydrogen-bond donors (Lipinski definition) is 2. The maximum Gasteiger partial charge on any atom is 0.407 e. The highest BCUT2D eigenvalue weighted by atomic mass is 16.5. The molecule has 1 aliphatic carbocycles. The third-order valence-electron chi connectivity index (χ3n) is 5.80. The Kier molecular flexibility index (Phi) is 5.93. The number of aliphatic hydroxyl groups excluding tert-OH is 1. The van der Waals surface area contributed by atoms with E-state index in [1.54, 1.807) is 0 Å². The summed E-state index contributed by atoms with van der Waals surface area (Å²) in [6.07, 6.45) is 2.47. The van der Waals surface area contributed by atoms with Crippen LogP contribution in [0.2, 0.25) is 0 Å². The van der Waals surface area contributed by atoms with Gasteiger partial charge in [-0.15, -0.1) is 0 Å². The van der Waals surface area contributed by atoms with Crippen molar-refractivity contribution < 1.29 is 14.6 Å². The summed E-state index contributed by atoms with van der Waals surface area (Å²) >= 11 is 0. The first-order valence-electron chi connectivity index (χ1n) is 10.2. The molecule has 0 saturated carbocycles. The first-order valence-corrected chi connectivity index (χ1v) is 10.2. The Balaban J connectivity index is 1.35. The van der Waals surface area contributed by atoms with Crippen LogP contribution in [0.4, 0.5) is 4.79 Å². The second-order valence-corrected chi connectivity index (χ2v) is 7.69. The fourth-order valence-electron chi connectivity index (χ4n) is 4.48. The van der Waals surface area contributed by atoms with Crippen LogP contribution >= 0.6 is 0 Å². The van der Waals surface area contributed by atoms with Crippen LogP contribution in [0.25, 0.3) is 11.1 Å². The van der Waals surface area contributed by atoms with E-state index in [4.69, 9.17) is 9.84 Å². The van der Waals surface area contributed by atoms with Crippen LogP contribution in [0.5, 0.6) is 0 Å². The van der Waals surface area contributed by atoms with E-state index in [0.29, 0.717) is 6.61 Å². The van der Waals surface area contributed by atoms with Gasteiger partial charge in [-0.25, -0.2) is 4.79 Å². The quantitative estimate of drug-likeness (QED) is 0.807. The zero-order valence-electron chi connectivity index (χ0n) is 16.1. The van der Waals surface area contributed by atoms with Crippen molar-refractivity contribution in [3.05, 3.63) is 59.7 Å². The van der Waals surface area contributed by atoms with E-state index in [9.17, 15) is 4.79 Å². The molecule has 5 heteroatoms. The molecule has 0 spiro atoms. The molecule has 148 valence electrons. The molecular formula is C23H28N2O3. The molecule has 1 amide bonds. The lowest BCUT2D eigenvalue weighted by molar-refractivity contribution is 0.125. The molecule has 2 aromatic rings. The molecule has 2 N–H and O–H groups in total. The van der Waals surface area contributed by atoms with Crippen LogP contribution in [-0.2, 0) is 4.74 Å². The molecule has 1 aliphatic heterocycles. The fourth-order valence-corrected chi connectivity index (χ4v) is 4.48. The predicted octanol–water partition coefficient (Wildman–Crippen LogP) is 3.37. The van der Waals surface area contributed by atoms with Gasteiger partial charge >= 0.3 is 6.09 Å². The van der Waals surface area contributed by atoms with Gasteiger partial charge < -0.3 is 20.1 Å². The van der Waals surface area contributed by atoms with Crippen molar-refractivity contribution in [1.82, 2.24) is 10.2 Å². The number of benzene rings is 2. The number of aliphatic hydroxyl groups is 1. The lowest BCUT2D eigenvalue weighted by Crippen LogP contribution is -2.48. The molecule has 5 nitrogen and oxygen atoms in total. The van der Waals surface area contributed by atoms with E-state index in [1.807, 2.05) is 12.1 Å². The standard InChI is InChI=1S/C23H28N2O3/c26-14-6-13-25-12-5-7-17(15-25)24-23(27)28-16-22-20-10-3-1-8-18(20)19-9-2-4-11-21(19)22/h1-4,8-11,17,22,26H,5-7,12-16H2,(H,24,27). The van der Waals surface area contributed by atoms with Crippen molar-refractivity contribution in [3.63, 3.8) is 0 Å². The number of nitrogens with one attached hydrogen (secondary N) is 1. The Labute approximate surface area is 166 Å². The van der Waals surface area contributed by atoms with E-state index < -0.39 is 0 Å². The fraction of sp³-hybridized carbons (Fsp3) is 0.435. The van der Waals surface area contributed by atoms with Crippen molar-refractivity contribution in [2.24, 2.45) is 0 Å². The van der Waals surface area contributed by atoms with E-state index in [0.717, 1.165) is 38.9 Å². The number of carbonyl (C=O) groups is 1. The maximum atomic E-state index is 12.4. The van der Waals surface area contributed by atoms with Crippen LogP contribution in [0.1, 0.15) is 36.3 Å². The zero-order valence-corrected chi connectivity index (χ0v) is 16.1. The summed E-state index contributed by atoms with van der Waals surface area (Å²) in [6, 6.07) is 16.8. The van der Waals surface area contributed by atoms with Crippen molar-refractivity contribution in [2.45, 2.75) is 31.2 Å². The molecule has 1 unspecified atom stereocenters. The van der Waals surface area contributed by atoms with Gasteiger partial charge in [0.2, 0.25) is 0 Å². The smallest absolute Gasteiger partial charge is 0.407 e. The highest BCUT2D eigenvalue weighted by Crippen LogP contribution is 2.44. The van der Waals surface area contributed by atoms with Crippen molar-refractivity contribution in [1.29, 1.82) is 0 Å². The van der Waals surface area contributed by atoms with Gasteiger partial charge in [-0.1, -0.05) is 48.5 Å². The first kappa shape index (κ1) is 19.0. The van der Waals surface area contributed by atoms with E-state index in [-0.39, 0.29) is 24.7 Å². The summed E-state index contributed by atoms with van der Waals surface area (Å²) in [7, 11) is 0. The molecule has 0 aromatic heterocycles. The summed E-state index contributed by atoms with van der Waals surface area (Å²) in [6.45, 7) is 3.29. The molecule has 0 bridgehead atoms. The third-order valence-corrected chi connectivity index (χ3v) is 5.80. The molecule has 0 radical (unpaired) electrons. The normalized spacial score (nSPS) is 19.1. The van der Waals surface area contributed by atoms with E-state index in [2.05, 4.69) is 46.6 Å². The average Bonchev–Trinajstić information content (AvgIpc) is 3.05. The van der Waals surface area contributed by atoms with Crippen molar-refractivity contribution in [2.75, 3.05) is 32.8 Å².